The van der Waals surface area contributed by atoms with E-state index in [4.69, 9.17) is 37.1 Å². The van der Waals surface area contributed by atoms with E-state index in [1.807, 2.05) is 60.7 Å². The number of hydrogen-bond donors (Lipinski definition) is 4. The van der Waals surface area contributed by atoms with Crippen LogP contribution in [0, 0.1) is 10.8 Å². The Hall–Kier alpha value is -7.42. The average Bonchev–Trinajstić information content (AvgIpc) is 3.75. The Labute approximate surface area is 410 Å². The molecule has 21 heteroatoms. The fourth-order valence-corrected chi connectivity index (χ4v) is 9.13. The SMILES string of the molecule is C[C@@]1(COC(N)=O)CC2/C(=C\c3cc(C(N)=O)ccn3)C(=O)N2[C@H]1C(=O)OC(c1ccccc1)c1ccccc1.C[C@@]1(COC(N)=O)CC2/C(=C\c3cc(C(N)=O)ccn3)C(=O)N2[C@H]1C(=O)[O-].[Na+]. The van der Waals surface area contributed by atoms with Crippen molar-refractivity contribution in [2.75, 3.05) is 13.2 Å². The number of amides is 6. The van der Waals surface area contributed by atoms with Crippen LogP contribution in [0.25, 0.3) is 12.2 Å². The van der Waals surface area contributed by atoms with Gasteiger partial charge in [0, 0.05) is 45.5 Å². The molecule has 2 aromatic heterocycles. The molecule has 20 nitrogen and oxygen atoms in total. The number of carboxylic acids is 1. The third kappa shape index (κ3) is 10.1. The van der Waals surface area contributed by atoms with E-state index in [-0.39, 0.29) is 66.2 Å². The summed E-state index contributed by atoms with van der Waals surface area (Å²) in [5.41, 5.74) is 22.3. The monoisotopic (exact) mass is 936 g/mol. The maximum Gasteiger partial charge on any atom is 1.00 e. The number of primary amides is 4. The van der Waals surface area contributed by atoms with Crippen LogP contribution in [-0.4, -0.2) is 105 Å². The van der Waals surface area contributed by atoms with Crippen molar-refractivity contribution in [2.24, 2.45) is 33.8 Å². The van der Waals surface area contributed by atoms with Crippen molar-refractivity contribution in [1.29, 1.82) is 0 Å². The topological polar surface area (TPSA) is 324 Å². The largest absolute Gasteiger partial charge is 1.00 e. The second-order valence-corrected chi connectivity index (χ2v) is 17.0. The van der Waals surface area contributed by atoms with Crippen LogP contribution >= 0.6 is 0 Å². The summed E-state index contributed by atoms with van der Waals surface area (Å²) in [7, 11) is 0. The van der Waals surface area contributed by atoms with Crippen LogP contribution < -0.4 is 57.6 Å². The molecule has 4 aromatic rings. The Bertz CT molecular complexity index is 2700. The molecule has 0 aliphatic carbocycles. The number of pyridine rings is 2. The number of nitrogens with two attached hydrogens (primary N) is 4. The molecule has 0 bridgehead atoms. The van der Waals surface area contributed by atoms with E-state index in [1.54, 1.807) is 19.9 Å². The maximum atomic E-state index is 13.9. The number of β-lactam (4-membered cyclic amide) rings is 2. The van der Waals surface area contributed by atoms with Gasteiger partial charge in [0.2, 0.25) is 11.8 Å². The van der Waals surface area contributed by atoms with E-state index in [0.717, 1.165) is 11.1 Å². The predicted octanol–water partition coefficient (Wildman–Crippen LogP) is -1.62. The third-order valence-electron chi connectivity index (χ3n) is 12.3. The Kier molecular flexibility index (Phi) is 14.9. The minimum Gasteiger partial charge on any atom is -0.548 e. The van der Waals surface area contributed by atoms with E-state index < -0.39 is 82.9 Å². The van der Waals surface area contributed by atoms with Gasteiger partial charge in [0.15, 0.2) is 6.10 Å². The Morgan fingerprint density at radius 3 is 1.46 bits per heavy atom. The van der Waals surface area contributed by atoms with Gasteiger partial charge in [0.05, 0.1) is 35.5 Å². The van der Waals surface area contributed by atoms with Gasteiger partial charge in [-0.3, -0.25) is 29.1 Å². The first-order chi connectivity index (χ1) is 31.8. The number of fused-ring (bicyclic) bond motifs is 2. The van der Waals surface area contributed by atoms with Crippen molar-refractivity contribution >= 4 is 59.9 Å². The number of rotatable bonds is 13. The quantitative estimate of drug-likeness (QED) is 0.0385. The van der Waals surface area contributed by atoms with E-state index in [1.165, 1.54) is 52.5 Å². The van der Waals surface area contributed by atoms with E-state index >= 15 is 0 Å². The summed E-state index contributed by atoms with van der Waals surface area (Å²) >= 11 is 0. The number of hydrogen-bond acceptors (Lipinski definition) is 14. The van der Waals surface area contributed by atoms with Crippen molar-refractivity contribution in [3.8, 4) is 0 Å². The van der Waals surface area contributed by atoms with E-state index in [2.05, 4.69) is 9.97 Å². The molecular weight excluding hydrogens is 892 g/mol. The van der Waals surface area contributed by atoms with Crippen LogP contribution in [0.3, 0.4) is 0 Å². The molecule has 4 saturated heterocycles. The summed E-state index contributed by atoms with van der Waals surface area (Å²) in [6.07, 6.45) is 3.71. The minimum absolute atomic E-state index is 0. The second kappa shape index (κ2) is 20.2. The molecule has 6 amide bonds. The van der Waals surface area contributed by atoms with E-state index in [9.17, 15) is 43.5 Å². The van der Waals surface area contributed by atoms with Gasteiger partial charge in [-0.25, -0.2) is 14.4 Å². The minimum atomic E-state index is -1.44. The summed E-state index contributed by atoms with van der Waals surface area (Å²) in [4.78, 5) is 108. The molecular formula is C47H45N8NaO12. The molecule has 2 aromatic carbocycles. The number of nitrogens with zero attached hydrogens (tertiary/aromatic N) is 4. The van der Waals surface area contributed by atoms with Crippen LogP contribution in [0.5, 0.6) is 0 Å². The Balaban J connectivity index is 0.000000238. The Morgan fingerprint density at radius 1 is 0.676 bits per heavy atom. The smallest absolute Gasteiger partial charge is 0.548 e. The van der Waals surface area contributed by atoms with Crippen LogP contribution in [0.1, 0.15) is 76.0 Å². The van der Waals surface area contributed by atoms with Crippen molar-refractivity contribution < 1.29 is 87.2 Å². The molecule has 4 aliphatic rings. The number of ether oxygens (including phenoxy) is 3. The first-order valence-electron chi connectivity index (χ1n) is 20.8. The van der Waals surface area contributed by atoms with Crippen molar-refractivity contribution in [2.45, 2.75) is 57.0 Å². The number of aromatic nitrogens is 2. The van der Waals surface area contributed by atoms with Gasteiger partial charge in [-0.1, -0.05) is 74.5 Å². The van der Waals surface area contributed by atoms with Crippen LogP contribution in [0.15, 0.2) is 108 Å². The Morgan fingerprint density at radius 2 is 1.07 bits per heavy atom. The van der Waals surface area contributed by atoms with Gasteiger partial charge in [-0.15, -0.1) is 0 Å². The van der Waals surface area contributed by atoms with Crippen molar-refractivity contribution in [3.63, 3.8) is 0 Å². The average molecular weight is 937 g/mol. The van der Waals surface area contributed by atoms with Gasteiger partial charge >= 0.3 is 47.7 Å². The van der Waals surface area contributed by atoms with Gasteiger partial charge in [0.1, 0.15) is 19.3 Å². The fraction of sp³-hybridized carbons (Fsp3) is 0.277. The van der Waals surface area contributed by atoms with Gasteiger partial charge in [0.25, 0.3) is 11.8 Å². The summed E-state index contributed by atoms with van der Waals surface area (Å²) < 4.78 is 16.1. The van der Waals surface area contributed by atoms with Gasteiger partial charge < -0.3 is 56.8 Å². The number of carboxylic acid groups (broad SMARTS) is 1. The maximum absolute atomic E-state index is 13.9. The molecule has 2 unspecified atom stereocenters. The molecule has 6 heterocycles. The summed E-state index contributed by atoms with van der Waals surface area (Å²) in [5, 5.41) is 11.6. The second-order valence-electron chi connectivity index (χ2n) is 17.0. The molecule has 6 atom stereocenters. The molecule has 4 aliphatic heterocycles. The zero-order chi connectivity index (χ0) is 48.4. The molecule has 0 spiro atoms. The number of aliphatic carboxylic acids is 1. The summed E-state index contributed by atoms with van der Waals surface area (Å²) in [6.45, 7) is 2.90. The molecule has 0 radical (unpaired) electrons. The standard InChI is InChI=1S/C30H28N4O6.C17H18N4O6.Na/c1-30(17-39-29(32)38)16-23-22(15-21-14-20(26(31)35)12-13-33-21)27(36)34(23)25(30)28(37)40-24(18-8-4-2-5-9-18)19-10-6-3-7-11-19;1-17(7-27-16(19)26)6-11-10(14(23)21(11)12(17)15(24)25)5-9-4-8(13(18)22)2-3-20-9;/h2-15,23-25H,16-17H2,1H3,(H2,31,35)(H2,32,38);2-5,11-12H,6-7H2,1H3,(H2,18,22)(H2,19,26)(H,24,25);/q;;+1/p-1/b22-15+;10-5+;/t23?,25-,30-;11?,12-,17-;/m00./s1. The number of carbonyl (C=O) groups excluding carboxylic acids is 8. The van der Waals surface area contributed by atoms with Crippen molar-refractivity contribution in [1.82, 2.24) is 19.8 Å². The normalized spacial score (nSPS) is 24.3. The summed E-state index contributed by atoms with van der Waals surface area (Å²) in [6, 6.07) is 21.2. The molecule has 4 fully saturated rings. The third-order valence-corrected chi connectivity index (χ3v) is 12.3. The molecule has 346 valence electrons. The first kappa shape index (κ1) is 50.0. The zero-order valence-corrected chi connectivity index (χ0v) is 39.1. The molecule has 8 N–H and O–H groups in total. The number of carbonyl (C=O) groups is 8. The van der Waals surface area contributed by atoms with Crippen molar-refractivity contribution in [3.05, 3.63) is 142 Å². The van der Waals surface area contributed by atoms with Crippen LogP contribution in [0.2, 0.25) is 0 Å². The number of benzene rings is 2. The van der Waals surface area contributed by atoms with Gasteiger partial charge in [-0.05, 0) is 60.4 Å². The van der Waals surface area contributed by atoms with Crippen LogP contribution in [0.4, 0.5) is 9.59 Å². The zero-order valence-electron chi connectivity index (χ0n) is 37.1. The molecule has 0 saturated carbocycles. The first-order valence-corrected chi connectivity index (χ1v) is 20.8. The summed E-state index contributed by atoms with van der Waals surface area (Å²) in [5.74, 6) is -4.17. The molecule has 68 heavy (non-hydrogen) atoms. The molecule has 8 rings (SSSR count). The van der Waals surface area contributed by atoms with Crippen LogP contribution in [-0.2, 0) is 33.4 Å². The van der Waals surface area contributed by atoms with E-state index in [0.29, 0.717) is 29.0 Å². The van der Waals surface area contributed by atoms with Gasteiger partial charge in [-0.2, -0.15) is 0 Å². The predicted molar refractivity (Wildman–Crippen MR) is 233 cm³/mol. The fourth-order valence-electron chi connectivity index (χ4n) is 9.13. The number of esters is 1.